The van der Waals surface area contributed by atoms with Crippen LogP contribution in [0, 0.1) is 10.5 Å². The number of halogens is 3. The maximum atomic E-state index is 6.22. The molecule has 0 saturated heterocycles. The SMILES string of the molecule is COc1cc(C)c(C(Br)c2ccc(I)c(Cl)c2)cc1OC. The zero-order valence-electron chi connectivity index (χ0n) is 11.9. The van der Waals surface area contributed by atoms with Crippen LogP contribution in [0.25, 0.3) is 0 Å². The first kappa shape index (κ1) is 16.9. The fraction of sp³-hybridized carbons (Fsp3) is 0.250. The van der Waals surface area contributed by atoms with Crippen molar-refractivity contribution in [2.45, 2.75) is 11.8 Å². The van der Waals surface area contributed by atoms with E-state index < -0.39 is 0 Å². The fourth-order valence-corrected chi connectivity index (χ4v) is 3.42. The Morgan fingerprint density at radius 3 is 2.29 bits per heavy atom. The molecule has 2 aromatic carbocycles. The van der Waals surface area contributed by atoms with Gasteiger partial charge in [0, 0.05) is 3.57 Å². The van der Waals surface area contributed by atoms with Gasteiger partial charge in [-0.25, -0.2) is 0 Å². The molecule has 1 unspecified atom stereocenters. The minimum atomic E-state index is 0.0480. The predicted molar refractivity (Wildman–Crippen MR) is 99.2 cm³/mol. The Hall–Kier alpha value is -0.460. The number of rotatable bonds is 4. The van der Waals surface area contributed by atoms with Crippen LogP contribution < -0.4 is 9.47 Å². The van der Waals surface area contributed by atoms with Crippen LogP contribution in [0.5, 0.6) is 11.5 Å². The number of aryl methyl sites for hydroxylation is 1. The van der Waals surface area contributed by atoms with E-state index in [-0.39, 0.29) is 4.83 Å². The van der Waals surface area contributed by atoms with Crippen molar-refractivity contribution in [3.63, 3.8) is 0 Å². The van der Waals surface area contributed by atoms with Gasteiger partial charge in [0.15, 0.2) is 11.5 Å². The zero-order chi connectivity index (χ0) is 15.6. The molecule has 0 aliphatic carbocycles. The summed E-state index contributed by atoms with van der Waals surface area (Å²) in [5.74, 6) is 1.46. The van der Waals surface area contributed by atoms with Crippen LogP contribution in [0.4, 0.5) is 0 Å². The molecule has 0 saturated carbocycles. The van der Waals surface area contributed by atoms with Crippen LogP contribution in [-0.4, -0.2) is 14.2 Å². The summed E-state index contributed by atoms with van der Waals surface area (Å²) in [6.07, 6.45) is 0. The van der Waals surface area contributed by atoms with E-state index in [1.54, 1.807) is 14.2 Å². The lowest BCUT2D eigenvalue weighted by Crippen LogP contribution is -1.99. The van der Waals surface area contributed by atoms with Gasteiger partial charge < -0.3 is 9.47 Å². The van der Waals surface area contributed by atoms with E-state index >= 15 is 0 Å². The lowest BCUT2D eigenvalue weighted by atomic mass is 9.99. The van der Waals surface area contributed by atoms with Gasteiger partial charge in [-0.15, -0.1) is 0 Å². The Morgan fingerprint density at radius 2 is 1.71 bits per heavy atom. The molecule has 0 aliphatic heterocycles. The van der Waals surface area contributed by atoms with E-state index in [0.29, 0.717) is 0 Å². The van der Waals surface area contributed by atoms with Crippen molar-refractivity contribution in [2.75, 3.05) is 14.2 Å². The van der Waals surface area contributed by atoms with Crippen LogP contribution in [0.2, 0.25) is 5.02 Å². The standard InChI is InChI=1S/C16H15BrClIO2/c1-9-6-14(20-2)15(21-3)8-11(9)16(17)10-4-5-13(19)12(18)7-10/h4-8,16H,1-3H3. The quantitative estimate of drug-likeness (QED) is 0.409. The largest absolute Gasteiger partial charge is 0.493 e. The van der Waals surface area contributed by atoms with E-state index in [1.165, 1.54) is 0 Å². The Bertz CT molecular complexity index is 661. The summed E-state index contributed by atoms with van der Waals surface area (Å²) in [4.78, 5) is 0.0480. The predicted octanol–water partition coefficient (Wildman–Crippen LogP) is 5.75. The van der Waals surface area contributed by atoms with Gasteiger partial charge in [-0.2, -0.15) is 0 Å². The lowest BCUT2D eigenvalue weighted by molar-refractivity contribution is 0.354. The number of hydrogen-bond donors (Lipinski definition) is 0. The molecule has 2 aromatic rings. The van der Waals surface area contributed by atoms with Gasteiger partial charge in [0.25, 0.3) is 0 Å². The number of methoxy groups -OCH3 is 2. The summed E-state index contributed by atoms with van der Waals surface area (Å²) in [6, 6.07) is 10.1. The normalized spacial score (nSPS) is 12.1. The molecule has 2 rings (SSSR count). The second-order valence-electron chi connectivity index (χ2n) is 4.60. The average Bonchev–Trinajstić information content (AvgIpc) is 2.49. The van der Waals surface area contributed by atoms with Crippen LogP contribution in [0.3, 0.4) is 0 Å². The zero-order valence-corrected chi connectivity index (χ0v) is 16.4. The lowest BCUT2D eigenvalue weighted by Gasteiger charge is -2.17. The minimum Gasteiger partial charge on any atom is -0.493 e. The van der Waals surface area contributed by atoms with Crippen molar-refractivity contribution in [1.29, 1.82) is 0 Å². The molecule has 1 atom stereocenters. The Kier molecular flexibility index (Phi) is 5.80. The van der Waals surface area contributed by atoms with Gasteiger partial charge in [0.1, 0.15) is 0 Å². The van der Waals surface area contributed by atoms with Crippen molar-refractivity contribution in [3.05, 3.63) is 55.6 Å². The van der Waals surface area contributed by atoms with Crippen LogP contribution in [0.15, 0.2) is 30.3 Å². The van der Waals surface area contributed by atoms with Crippen LogP contribution in [-0.2, 0) is 0 Å². The molecule has 0 N–H and O–H groups in total. The first-order chi connectivity index (χ1) is 9.97. The highest BCUT2D eigenvalue weighted by atomic mass is 127. The first-order valence-corrected chi connectivity index (χ1v) is 8.66. The highest BCUT2D eigenvalue weighted by molar-refractivity contribution is 14.1. The summed E-state index contributed by atoms with van der Waals surface area (Å²) in [5, 5.41) is 0.760. The summed E-state index contributed by atoms with van der Waals surface area (Å²) < 4.78 is 11.8. The molecule has 0 aromatic heterocycles. The van der Waals surface area contributed by atoms with E-state index in [9.17, 15) is 0 Å². The molecule has 0 bridgehead atoms. The molecule has 112 valence electrons. The molecular weight excluding hydrogens is 466 g/mol. The van der Waals surface area contributed by atoms with Crippen molar-refractivity contribution >= 4 is 50.1 Å². The molecule has 21 heavy (non-hydrogen) atoms. The van der Waals surface area contributed by atoms with Gasteiger partial charge in [0.05, 0.1) is 24.1 Å². The minimum absolute atomic E-state index is 0.0480. The van der Waals surface area contributed by atoms with Crippen molar-refractivity contribution in [1.82, 2.24) is 0 Å². The second-order valence-corrected chi connectivity index (χ2v) is 7.08. The van der Waals surface area contributed by atoms with Crippen LogP contribution in [0.1, 0.15) is 21.5 Å². The number of hydrogen-bond acceptors (Lipinski definition) is 2. The molecule has 0 spiro atoms. The Balaban J connectivity index is 2.47. The molecule has 0 fully saturated rings. The third-order valence-electron chi connectivity index (χ3n) is 3.28. The maximum Gasteiger partial charge on any atom is 0.161 e. The highest BCUT2D eigenvalue weighted by Crippen LogP contribution is 2.39. The second kappa shape index (κ2) is 7.20. The highest BCUT2D eigenvalue weighted by Gasteiger charge is 2.17. The van der Waals surface area contributed by atoms with Crippen molar-refractivity contribution in [2.24, 2.45) is 0 Å². The Morgan fingerprint density at radius 1 is 1.10 bits per heavy atom. The number of alkyl halides is 1. The Labute approximate surface area is 152 Å². The molecular formula is C16H15BrClIO2. The molecule has 0 amide bonds. The summed E-state index contributed by atoms with van der Waals surface area (Å²) in [6.45, 7) is 2.06. The topological polar surface area (TPSA) is 18.5 Å². The molecule has 2 nitrogen and oxygen atoms in total. The third-order valence-corrected chi connectivity index (χ3v) is 5.88. The number of benzene rings is 2. The maximum absolute atomic E-state index is 6.22. The summed E-state index contributed by atoms with van der Waals surface area (Å²) >= 11 is 12.2. The molecule has 0 heterocycles. The van der Waals surface area contributed by atoms with Gasteiger partial charge in [-0.3, -0.25) is 0 Å². The summed E-state index contributed by atoms with van der Waals surface area (Å²) in [5.41, 5.74) is 3.37. The van der Waals surface area contributed by atoms with E-state index in [0.717, 1.165) is 36.8 Å². The van der Waals surface area contributed by atoms with E-state index in [2.05, 4.69) is 51.5 Å². The third kappa shape index (κ3) is 3.66. The van der Waals surface area contributed by atoms with Gasteiger partial charge in [-0.05, 0) is 70.5 Å². The summed E-state index contributed by atoms with van der Waals surface area (Å²) in [7, 11) is 3.28. The van der Waals surface area contributed by atoms with E-state index in [4.69, 9.17) is 21.1 Å². The monoisotopic (exact) mass is 480 g/mol. The van der Waals surface area contributed by atoms with Gasteiger partial charge >= 0.3 is 0 Å². The molecule has 5 heteroatoms. The van der Waals surface area contributed by atoms with Crippen molar-refractivity contribution < 1.29 is 9.47 Å². The molecule has 0 aliphatic rings. The van der Waals surface area contributed by atoms with Crippen molar-refractivity contribution in [3.8, 4) is 11.5 Å². The van der Waals surface area contributed by atoms with Gasteiger partial charge in [-0.1, -0.05) is 33.6 Å². The number of ether oxygens (including phenoxy) is 2. The molecule has 0 radical (unpaired) electrons. The van der Waals surface area contributed by atoms with Gasteiger partial charge in [0.2, 0.25) is 0 Å². The average molecular weight is 482 g/mol. The first-order valence-electron chi connectivity index (χ1n) is 6.29. The fourth-order valence-electron chi connectivity index (χ4n) is 2.12. The smallest absolute Gasteiger partial charge is 0.161 e. The van der Waals surface area contributed by atoms with E-state index in [1.807, 2.05) is 24.3 Å². The van der Waals surface area contributed by atoms with Crippen LogP contribution >= 0.6 is 50.1 Å².